The minimum atomic E-state index is -0.845. The Morgan fingerprint density at radius 2 is 2.00 bits per heavy atom. The van der Waals surface area contributed by atoms with Crippen molar-refractivity contribution in [3.8, 4) is 0 Å². The van der Waals surface area contributed by atoms with Gasteiger partial charge in [-0.15, -0.1) is 0 Å². The van der Waals surface area contributed by atoms with Gasteiger partial charge in [0.2, 0.25) is 0 Å². The molecule has 0 bridgehead atoms. The molecule has 0 aliphatic heterocycles. The van der Waals surface area contributed by atoms with Crippen LogP contribution in [0.5, 0.6) is 0 Å². The van der Waals surface area contributed by atoms with Gasteiger partial charge in [-0.3, -0.25) is 9.59 Å². The first-order valence-electron chi connectivity index (χ1n) is 5.59. The Kier molecular flexibility index (Phi) is 4.69. The number of benzene rings is 1. The number of hydrogen-bond donors (Lipinski definition) is 2. The molecule has 0 heterocycles. The van der Waals surface area contributed by atoms with E-state index in [2.05, 4.69) is 5.32 Å². The van der Waals surface area contributed by atoms with E-state index in [0.29, 0.717) is 12.0 Å². The third kappa shape index (κ3) is 4.26. The summed E-state index contributed by atoms with van der Waals surface area (Å²) in [5.74, 6) is -0.997. The first-order chi connectivity index (χ1) is 8.00. The van der Waals surface area contributed by atoms with E-state index in [1.807, 2.05) is 25.1 Å². The SMILES string of the molecule is Cc1ccccc1C(=O)N[C@@H](C)CCC(=O)O. The summed E-state index contributed by atoms with van der Waals surface area (Å²) in [7, 11) is 0. The molecule has 0 saturated carbocycles. The summed E-state index contributed by atoms with van der Waals surface area (Å²) in [5, 5.41) is 11.3. The summed E-state index contributed by atoms with van der Waals surface area (Å²) in [6.07, 6.45) is 0.502. The molecule has 1 atom stereocenters. The number of carboxylic acid groups (broad SMARTS) is 1. The first-order valence-corrected chi connectivity index (χ1v) is 5.59. The number of rotatable bonds is 5. The second-order valence-corrected chi connectivity index (χ2v) is 4.12. The summed E-state index contributed by atoms with van der Waals surface area (Å²) in [6, 6.07) is 7.17. The predicted octanol–water partition coefficient (Wildman–Crippen LogP) is 1.98. The molecule has 92 valence electrons. The lowest BCUT2D eigenvalue weighted by Crippen LogP contribution is -2.33. The standard InChI is InChI=1S/C13H17NO3/c1-9-5-3-4-6-11(9)13(17)14-10(2)7-8-12(15)16/h3-6,10H,7-8H2,1-2H3,(H,14,17)(H,15,16)/t10-/m0/s1. The highest BCUT2D eigenvalue weighted by molar-refractivity contribution is 5.95. The van der Waals surface area contributed by atoms with Gasteiger partial charge in [0.1, 0.15) is 0 Å². The van der Waals surface area contributed by atoms with Gasteiger partial charge in [-0.25, -0.2) is 0 Å². The predicted molar refractivity (Wildman–Crippen MR) is 65.0 cm³/mol. The average molecular weight is 235 g/mol. The minimum absolute atomic E-state index is 0.0647. The molecule has 0 radical (unpaired) electrons. The van der Waals surface area contributed by atoms with Crippen LogP contribution < -0.4 is 5.32 Å². The molecule has 0 spiro atoms. The monoisotopic (exact) mass is 235 g/mol. The second-order valence-electron chi connectivity index (χ2n) is 4.12. The summed E-state index contributed by atoms with van der Waals surface area (Å²) < 4.78 is 0. The topological polar surface area (TPSA) is 66.4 Å². The number of nitrogens with one attached hydrogen (secondary N) is 1. The highest BCUT2D eigenvalue weighted by Gasteiger charge is 2.12. The Hall–Kier alpha value is -1.84. The third-order valence-corrected chi connectivity index (χ3v) is 2.56. The molecule has 1 aromatic carbocycles. The number of hydrogen-bond acceptors (Lipinski definition) is 2. The number of carbonyl (C=O) groups excluding carboxylic acids is 1. The fourth-order valence-corrected chi connectivity index (χ4v) is 1.54. The second kappa shape index (κ2) is 6.03. The quantitative estimate of drug-likeness (QED) is 0.820. The molecule has 4 heteroatoms. The molecule has 2 N–H and O–H groups in total. The Morgan fingerprint density at radius 3 is 2.59 bits per heavy atom. The maximum Gasteiger partial charge on any atom is 0.303 e. The van der Waals surface area contributed by atoms with Crippen LogP contribution in [-0.2, 0) is 4.79 Å². The van der Waals surface area contributed by atoms with E-state index in [0.717, 1.165) is 5.56 Å². The Morgan fingerprint density at radius 1 is 1.35 bits per heavy atom. The van der Waals surface area contributed by atoms with Crippen LogP contribution >= 0.6 is 0 Å². The third-order valence-electron chi connectivity index (χ3n) is 2.56. The minimum Gasteiger partial charge on any atom is -0.481 e. The van der Waals surface area contributed by atoms with Crippen LogP contribution in [0.25, 0.3) is 0 Å². The van der Waals surface area contributed by atoms with Gasteiger partial charge in [-0.1, -0.05) is 18.2 Å². The molecule has 0 unspecified atom stereocenters. The molecule has 0 saturated heterocycles. The van der Waals surface area contributed by atoms with Gasteiger partial charge in [0, 0.05) is 18.0 Å². The van der Waals surface area contributed by atoms with Gasteiger partial charge in [0.05, 0.1) is 0 Å². The molecular weight excluding hydrogens is 218 g/mol. The lowest BCUT2D eigenvalue weighted by molar-refractivity contribution is -0.137. The Bertz CT molecular complexity index is 415. The summed E-state index contributed by atoms with van der Waals surface area (Å²) in [4.78, 5) is 22.3. The van der Waals surface area contributed by atoms with Crippen LogP contribution in [0.4, 0.5) is 0 Å². The van der Waals surface area contributed by atoms with E-state index in [9.17, 15) is 9.59 Å². The number of aliphatic carboxylic acids is 1. The van der Waals surface area contributed by atoms with Gasteiger partial charge in [-0.2, -0.15) is 0 Å². The smallest absolute Gasteiger partial charge is 0.303 e. The van der Waals surface area contributed by atoms with Crippen molar-refractivity contribution in [1.29, 1.82) is 0 Å². The normalized spacial score (nSPS) is 11.9. The number of aryl methyl sites for hydroxylation is 1. The van der Waals surface area contributed by atoms with Crippen molar-refractivity contribution >= 4 is 11.9 Å². The molecule has 0 aromatic heterocycles. The highest BCUT2D eigenvalue weighted by Crippen LogP contribution is 2.07. The zero-order chi connectivity index (χ0) is 12.8. The summed E-state index contributed by atoms with van der Waals surface area (Å²) >= 11 is 0. The Balaban J connectivity index is 2.55. The maximum absolute atomic E-state index is 11.9. The van der Waals surface area contributed by atoms with E-state index < -0.39 is 5.97 Å². The van der Waals surface area contributed by atoms with E-state index >= 15 is 0 Å². The molecule has 1 rings (SSSR count). The number of carbonyl (C=O) groups is 2. The largest absolute Gasteiger partial charge is 0.481 e. The molecule has 0 aliphatic rings. The number of carboxylic acids is 1. The molecule has 17 heavy (non-hydrogen) atoms. The maximum atomic E-state index is 11.9. The number of amides is 1. The van der Waals surface area contributed by atoms with Crippen molar-refractivity contribution in [3.05, 3.63) is 35.4 Å². The van der Waals surface area contributed by atoms with Crippen molar-refractivity contribution in [2.75, 3.05) is 0 Å². The van der Waals surface area contributed by atoms with Crippen LogP contribution in [-0.4, -0.2) is 23.0 Å². The molecule has 1 aromatic rings. The van der Waals surface area contributed by atoms with Crippen LogP contribution in [0, 0.1) is 6.92 Å². The molecule has 0 aliphatic carbocycles. The lowest BCUT2D eigenvalue weighted by atomic mass is 10.1. The molecule has 4 nitrogen and oxygen atoms in total. The van der Waals surface area contributed by atoms with Gasteiger partial charge in [0.15, 0.2) is 0 Å². The van der Waals surface area contributed by atoms with Crippen molar-refractivity contribution in [2.24, 2.45) is 0 Å². The fourth-order valence-electron chi connectivity index (χ4n) is 1.54. The fraction of sp³-hybridized carbons (Fsp3) is 0.385. The van der Waals surface area contributed by atoms with Gasteiger partial charge in [0.25, 0.3) is 5.91 Å². The van der Waals surface area contributed by atoms with Crippen LogP contribution in [0.15, 0.2) is 24.3 Å². The van der Waals surface area contributed by atoms with E-state index in [4.69, 9.17) is 5.11 Å². The molecule has 1 amide bonds. The summed E-state index contributed by atoms with van der Waals surface area (Å²) in [5.41, 5.74) is 1.55. The van der Waals surface area contributed by atoms with Crippen LogP contribution in [0.1, 0.15) is 35.7 Å². The van der Waals surface area contributed by atoms with E-state index in [1.165, 1.54) is 0 Å². The van der Waals surface area contributed by atoms with Crippen molar-refractivity contribution < 1.29 is 14.7 Å². The Labute approximate surface area is 101 Å². The highest BCUT2D eigenvalue weighted by atomic mass is 16.4. The van der Waals surface area contributed by atoms with Crippen LogP contribution in [0.2, 0.25) is 0 Å². The first kappa shape index (κ1) is 13.2. The van der Waals surface area contributed by atoms with Gasteiger partial charge in [-0.05, 0) is 31.9 Å². The zero-order valence-corrected chi connectivity index (χ0v) is 10.1. The molecular formula is C13H17NO3. The van der Waals surface area contributed by atoms with Crippen molar-refractivity contribution in [3.63, 3.8) is 0 Å². The van der Waals surface area contributed by atoms with Crippen molar-refractivity contribution in [1.82, 2.24) is 5.32 Å². The summed E-state index contributed by atoms with van der Waals surface area (Å²) in [6.45, 7) is 3.68. The molecule has 0 fully saturated rings. The van der Waals surface area contributed by atoms with Crippen molar-refractivity contribution in [2.45, 2.75) is 32.7 Å². The average Bonchev–Trinajstić information content (AvgIpc) is 2.26. The zero-order valence-electron chi connectivity index (χ0n) is 10.1. The van der Waals surface area contributed by atoms with Crippen LogP contribution in [0.3, 0.4) is 0 Å². The lowest BCUT2D eigenvalue weighted by Gasteiger charge is -2.13. The van der Waals surface area contributed by atoms with E-state index in [-0.39, 0.29) is 18.4 Å². The van der Waals surface area contributed by atoms with Gasteiger partial charge < -0.3 is 10.4 Å². The van der Waals surface area contributed by atoms with Gasteiger partial charge >= 0.3 is 5.97 Å². The van der Waals surface area contributed by atoms with E-state index in [1.54, 1.807) is 13.0 Å².